The van der Waals surface area contributed by atoms with Gasteiger partial charge in [-0.1, -0.05) is 12.1 Å². The fourth-order valence-electron chi connectivity index (χ4n) is 1.78. The molecule has 0 N–H and O–H groups in total. The summed E-state index contributed by atoms with van der Waals surface area (Å²) in [6, 6.07) is 7.63. The maximum atomic E-state index is 11.9. The van der Waals surface area contributed by atoms with Crippen molar-refractivity contribution in [2.24, 2.45) is 0 Å². The molecule has 0 bridgehead atoms. The molecule has 0 atom stereocenters. The van der Waals surface area contributed by atoms with Gasteiger partial charge in [0.25, 0.3) is 0 Å². The van der Waals surface area contributed by atoms with Gasteiger partial charge in [0.2, 0.25) is 5.91 Å². The molecule has 0 aliphatic carbocycles. The van der Waals surface area contributed by atoms with Crippen LogP contribution in [0.25, 0.3) is 0 Å². The zero-order valence-electron chi connectivity index (χ0n) is 10.1. The number of carbonyl (C=O) groups is 1. The SMILES string of the molecule is O=C(CCOc1ccccc1Br)N1CCOCC1. The molecule has 4 nitrogen and oxygen atoms in total. The van der Waals surface area contributed by atoms with Crippen molar-refractivity contribution in [2.75, 3.05) is 32.9 Å². The van der Waals surface area contributed by atoms with E-state index in [1.807, 2.05) is 29.2 Å². The number of benzene rings is 1. The second-order valence-electron chi connectivity index (χ2n) is 4.02. The Bertz CT molecular complexity index is 405. The van der Waals surface area contributed by atoms with Gasteiger partial charge in [-0.15, -0.1) is 0 Å². The Hall–Kier alpha value is -1.07. The summed E-state index contributed by atoms with van der Waals surface area (Å²) in [5.74, 6) is 0.901. The smallest absolute Gasteiger partial charge is 0.226 e. The van der Waals surface area contributed by atoms with Crippen molar-refractivity contribution in [1.29, 1.82) is 0 Å². The molecule has 1 aliphatic rings. The number of amides is 1. The second kappa shape index (κ2) is 6.75. The van der Waals surface area contributed by atoms with Crippen LogP contribution in [0.15, 0.2) is 28.7 Å². The Labute approximate surface area is 115 Å². The number of morpholine rings is 1. The van der Waals surface area contributed by atoms with Crippen LogP contribution in [0.1, 0.15) is 6.42 Å². The minimum Gasteiger partial charge on any atom is -0.492 e. The van der Waals surface area contributed by atoms with Crippen molar-refractivity contribution in [3.63, 3.8) is 0 Å². The third-order valence-electron chi connectivity index (χ3n) is 2.77. The maximum absolute atomic E-state index is 11.9. The van der Waals surface area contributed by atoms with Crippen LogP contribution >= 0.6 is 15.9 Å². The maximum Gasteiger partial charge on any atom is 0.226 e. The van der Waals surface area contributed by atoms with E-state index in [2.05, 4.69) is 15.9 Å². The van der Waals surface area contributed by atoms with Gasteiger partial charge in [-0.25, -0.2) is 0 Å². The standard InChI is InChI=1S/C13H16BrNO3/c14-11-3-1-2-4-12(11)18-8-5-13(16)15-6-9-17-10-7-15/h1-4H,5-10H2. The van der Waals surface area contributed by atoms with Crippen molar-refractivity contribution in [3.8, 4) is 5.75 Å². The largest absolute Gasteiger partial charge is 0.492 e. The van der Waals surface area contributed by atoms with Crippen LogP contribution in [0.3, 0.4) is 0 Å². The number of hydrogen-bond donors (Lipinski definition) is 0. The summed E-state index contributed by atoms with van der Waals surface area (Å²) >= 11 is 3.40. The number of hydrogen-bond acceptors (Lipinski definition) is 3. The number of carbonyl (C=O) groups excluding carboxylic acids is 1. The van der Waals surface area contributed by atoms with Crippen molar-refractivity contribution in [3.05, 3.63) is 28.7 Å². The summed E-state index contributed by atoms with van der Waals surface area (Å²) in [5, 5.41) is 0. The van der Waals surface area contributed by atoms with Crippen molar-refractivity contribution >= 4 is 21.8 Å². The van der Waals surface area contributed by atoms with Crippen LogP contribution < -0.4 is 4.74 Å². The summed E-state index contributed by atoms with van der Waals surface area (Å²) in [5.41, 5.74) is 0. The Morgan fingerprint density at radius 1 is 1.33 bits per heavy atom. The van der Waals surface area contributed by atoms with E-state index in [4.69, 9.17) is 9.47 Å². The van der Waals surface area contributed by atoms with Gasteiger partial charge in [-0.05, 0) is 28.1 Å². The molecule has 1 fully saturated rings. The molecule has 1 saturated heterocycles. The van der Waals surface area contributed by atoms with Crippen LogP contribution in [0.4, 0.5) is 0 Å². The monoisotopic (exact) mass is 313 g/mol. The summed E-state index contributed by atoms with van der Waals surface area (Å²) in [7, 11) is 0. The lowest BCUT2D eigenvalue weighted by Gasteiger charge is -2.26. The van der Waals surface area contributed by atoms with Gasteiger partial charge in [0.1, 0.15) is 5.75 Å². The molecule has 0 spiro atoms. The van der Waals surface area contributed by atoms with Crippen molar-refractivity contribution in [2.45, 2.75) is 6.42 Å². The fourth-order valence-corrected chi connectivity index (χ4v) is 2.18. The Morgan fingerprint density at radius 2 is 2.06 bits per heavy atom. The molecule has 0 saturated carbocycles. The lowest BCUT2D eigenvalue weighted by Crippen LogP contribution is -2.41. The fraction of sp³-hybridized carbons (Fsp3) is 0.462. The van der Waals surface area contributed by atoms with Gasteiger partial charge < -0.3 is 14.4 Å². The van der Waals surface area contributed by atoms with E-state index in [1.54, 1.807) is 0 Å². The minimum atomic E-state index is 0.130. The highest BCUT2D eigenvalue weighted by Crippen LogP contribution is 2.23. The first-order chi connectivity index (χ1) is 8.77. The number of ether oxygens (including phenoxy) is 2. The molecule has 0 radical (unpaired) electrons. The predicted octanol–water partition coefficient (Wildman–Crippen LogP) is 2.08. The van der Waals surface area contributed by atoms with Gasteiger partial charge in [0, 0.05) is 13.1 Å². The van der Waals surface area contributed by atoms with Crippen LogP contribution in [0.5, 0.6) is 5.75 Å². The molecule has 1 aromatic carbocycles. The second-order valence-corrected chi connectivity index (χ2v) is 4.88. The van der Waals surface area contributed by atoms with E-state index in [9.17, 15) is 4.79 Å². The van der Waals surface area contributed by atoms with E-state index >= 15 is 0 Å². The third-order valence-corrected chi connectivity index (χ3v) is 3.43. The van der Waals surface area contributed by atoms with E-state index in [0.29, 0.717) is 39.3 Å². The highest BCUT2D eigenvalue weighted by atomic mass is 79.9. The molecule has 0 aromatic heterocycles. The van der Waals surface area contributed by atoms with Gasteiger partial charge in [0.15, 0.2) is 0 Å². The molecule has 5 heteroatoms. The van der Waals surface area contributed by atoms with E-state index in [1.165, 1.54) is 0 Å². The first kappa shape index (κ1) is 13.4. The summed E-state index contributed by atoms with van der Waals surface area (Å²) in [6.07, 6.45) is 0.404. The van der Waals surface area contributed by atoms with Crippen molar-refractivity contribution < 1.29 is 14.3 Å². The van der Waals surface area contributed by atoms with E-state index < -0.39 is 0 Å². The minimum absolute atomic E-state index is 0.130. The Morgan fingerprint density at radius 3 is 2.78 bits per heavy atom. The molecule has 1 aliphatic heterocycles. The highest BCUT2D eigenvalue weighted by molar-refractivity contribution is 9.10. The quantitative estimate of drug-likeness (QED) is 0.854. The van der Waals surface area contributed by atoms with E-state index in [-0.39, 0.29) is 5.91 Å². The highest BCUT2D eigenvalue weighted by Gasteiger charge is 2.16. The number of nitrogens with zero attached hydrogens (tertiary/aromatic N) is 1. The number of halogens is 1. The zero-order chi connectivity index (χ0) is 12.8. The lowest BCUT2D eigenvalue weighted by atomic mass is 10.3. The summed E-state index contributed by atoms with van der Waals surface area (Å²) in [4.78, 5) is 13.7. The van der Waals surface area contributed by atoms with Gasteiger partial charge in [0.05, 0.1) is 30.7 Å². The van der Waals surface area contributed by atoms with Gasteiger partial charge in [-0.2, -0.15) is 0 Å². The number of rotatable bonds is 4. The molecule has 2 rings (SSSR count). The molecule has 98 valence electrons. The number of para-hydroxylation sites is 1. The first-order valence-corrected chi connectivity index (χ1v) is 6.79. The van der Waals surface area contributed by atoms with Gasteiger partial charge >= 0.3 is 0 Å². The molecule has 18 heavy (non-hydrogen) atoms. The lowest BCUT2D eigenvalue weighted by molar-refractivity contribution is -0.135. The molecular weight excluding hydrogens is 298 g/mol. The van der Waals surface area contributed by atoms with Crippen LogP contribution in [0.2, 0.25) is 0 Å². The molecular formula is C13H16BrNO3. The Kier molecular flexibility index (Phi) is 5.01. The molecule has 1 heterocycles. The summed E-state index contributed by atoms with van der Waals surface area (Å²) < 4.78 is 11.7. The first-order valence-electron chi connectivity index (χ1n) is 6.00. The summed E-state index contributed by atoms with van der Waals surface area (Å²) in [6.45, 7) is 3.05. The zero-order valence-corrected chi connectivity index (χ0v) is 11.7. The van der Waals surface area contributed by atoms with Gasteiger partial charge in [-0.3, -0.25) is 4.79 Å². The van der Waals surface area contributed by atoms with E-state index in [0.717, 1.165) is 10.2 Å². The van der Waals surface area contributed by atoms with Crippen LogP contribution in [0, 0.1) is 0 Å². The normalized spacial score (nSPS) is 15.5. The average molecular weight is 314 g/mol. The molecule has 0 unspecified atom stereocenters. The third kappa shape index (κ3) is 3.71. The van der Waals surface area contributed by atoms with Crippen LogP contribution in [-0.4, -0.2) is 43.7 Å². The predicted molar refractivity (Wildman–Crippen MR) is 71.7 cm³/mol. The average Bonchev–Trinajstić information content (AvgIpc) is 2.42. The van der Waals surface area contributed by atoms with Crippen LogP contribution in [-0.2, 0) is 9.53 Å². The molecule has 1 amide bonds. The Balaban J connectivity index is 1.75. The topological polar surface area (TPSA) is 38.8 Å². The molecule has 1 aromatic rings. The van der Waals surface area contributed by atoms with Crippen molar-refractivity contribution in [1.82, 2.24) is 4.90 Å².